The average Bonchev–Trinajstić information content (AvgIpc) is 2.77. The predicted octanol–water partition coefficient (Wildman–Crippen LogP) is 5.08. The maximum atomic E-state index is 14.5. The minimum atomic E-state index is -0.273. The summed E-state index contributed by atoms with van der Waals surface area (Å²) in [5.74, 6) is 0.859. The Balaban J connectivity index is 2.35. The molecule has 0 spiro atoms. The third-order valence-electron chi connectivity index (χ3n) is 3.84. The Hall–Kier alpha value is -2.04. The molecule has 0 amide bonds. The predicted molar refractivity (Wildman–Crippen MR) is 98.1 cm³/mol. The lowest BCUT2D eigenvalue weighted by Gasteiger charge is -2.12. The fourth-order valence-electron chi connectivity index (χ4n) is 2.76. The summed E-state index contributed by atoms with van der Waals surface area (Å²) in [7, 11) is 0. The first-order valence-corrected chi connectivity index (χ1v) is 8.88. The van der Waals surface area contributed by atoms with Gasteiger partial charge in [-0.05, 0) is 60.1 Å². The minimum absolute atomic E-state index is 0.0142. The quantitative estimate of drug-likeness (QED) is 0.700. The molecule has 0 aliphatic carbocycles. The molecule has 0 aliphatic rings. The third kappa shape index (κ3) is 4.74. The van der Waals surface area contributed by atoms with Crippen LogP contribution >= 0.6 is 0 Å². The van der Waals surface area contributed by atoms with Crippen molar-refractivity contribution >= 4 is 0 Å². The SMILES string of the molecule is Cc1c(Cc2ccc(OC(C)C)cc2F)c(OC(C)C)nn1C(C)C. The molecule has 0 unspecified atom stereocenters. The summed E-state index contributed by atoms with van der Waals surface area (Å²) < 4.78 is 27.9. The molecule has 1 aromatic carbocycles. The molecule has 0 bridgehead atoms. The van der Waals surface area contributed by atoms with Gasteiger partial charge < -0.3 is 9.47 Å². The number of hydrogen-bond donors (Lipinski definition) is 0. The summed E-state index contributed by atoms with van der Waals surface area (Å²) in [6.07, 6.45) is 0.470. The Labute approximate surface area is 150 Å². The Bertz CT molecular complexity index is 721. The summed E-state index contributed by atoms with van der Waals surface area (Å²) >= 11 is 0. The number of nitrogens with zero attached hydrogens (tertiary/aromatic N) is 2. The van der Waals surface area contributed by atoms with Crippen LogP contribution in [-0.4, -0.2) is 22.0 Å². The van der Waals surface area contributed by atoms with Crippen LogP contribution in [0.25, 0.3) is 0 Å². The maximum Gasteiger partial charge on any atom is 0.236 e. The van der Waals surface area contributed by atoms with E-state index in [1.807, 2.05) is 45.4 Å². The molecule has 0 fully saturated rings. The third-order valence-corrected chi connectivity index (χ3v) is 3.84. The summed E-state index contributed by atoms with van der Waals surface area (Å²) in [6, 6.07) is 5.25. The van der Waals surface area contributed by atoms with Gasteiger partial charge in [-0.15, -0.1) is 5.10 Å². The van der Waals surface area contributed by atoms with E-state index >= 15 is 0 Å². The van der Waals surface area contributed by atoms with Crippen molar-refractivity contribution in [3.63, 3.8) is 0 Å². The number of halogens is 1. The molecule has 0 aliphatic heterocycles. The van der Waals surface area contributed by atoms with Crippen LogP contribution in [0.4, 0.5) is 4.39 Å². The molecule has 0 N–H and O–H groups in total. The minimum Gasteiger partial charge on any atom is -0.491 e. The molecular weight excluding hydrogens is 319 g/mol. The highest BCUT2D eigenvalue weighted by atomic mass is 19.1. The van der Waals surface area contributed by atoms with Gasteiger partial charge in [0.2, 0.25) is 5.88 Å². The van der Waals surface area contributed by atoms with E-state index in [4.69, 9.17) is 9.47 Å². The van der Waals surface area contributed by atoms with Crippen molar-refractivity contribution in [3.8, 4) is 11.6 Å². The molecule has 1 heterocycles. The smallest absolute Gasteiger partial charge is 0.236 e. The molecule has 4 nitrogen and oxygen atoms in total. The van der Waals surface area contributed by atoms with Gasteiger partial charge in [0.1, 0.15) is 11.6 Å². The van der Waals surface area contributed by atoms with Crippen LogP contribution in [0.5, 0.6) is 11.6 Å². The lowest BCUT2D eigenvalue weighted by Crippen LogP contribution is -2.09. The van der Waals surface area contributed by atoms with Crippen LogP contribution in [0.3, 0.4) is 0 Å². The Morgan fingerprint density at radius 1 is 1.04 bits per heavy atom. The van der Waals surface area contributed by atoms with Gasteiger partial charge in [0.15, 0.2) is 0 Å². The molecule has 2 aromatic rings. The van der Waals surface area contributed by atoms with E-state index in [0.717, 1.165) is 11.3 Å². The highest BCUT2D eigenvalue weighted by Crippen LogP contribution is 2.29. The van der Waals surface area contributed by atoms with E-state index in [0.29, 0.717) is 23.6 Å². The first-order valence-electron chi connectivity index (χ1n) is 8.88. The zero-order chi connectivity index (χ0) is 18.7. The standard InChI is InChI=1S/C20H29FN2O2/c1-12(2)23-15(7)18(20(22-23)25-14(5)6)10-16-8-9-17(11-19(16)21)24-13(3)4/h8-9,11-14H,10H2,1-7H3. The zero-order valence-electron chi connectivity index (χ0n) is 16.3. The van der Waals surface area contributed by atoms with Crippen molar-refractivity contribution in [2.45, 2.75) is 73.1 Å². The summed E-state index contributed by atoms with van der Waals surface area (Å²) in [6.45, 7) is 13.9. The second kappa shape index (κ2) is 7.89. The zero-order valence-corrected chi connectivity index (χ0v) is 16.3. The van der Waals surface area contributed by atoms with Gasteiger partial charge in [-0.25, -0.2) is 4.39 Å². The largest absolute Gasteiger partial charge is 0.491 e. The van der Waals surface area contributed by atoms with Gasteiger partial charge >= 0.3 is 0 Å². The second-order valence-corrected chi connectivity index (χ2v) is 7.17. The van der Waals surface area contributed by atoms with Crippen molar-refractivity contribution in [2.75, 3.05) is 0 Å². The van der Waals surface area contributed by atoms with E-state index in [-0.39, 0.29) is 24.1 Å². The molecule has 138 valence electrons. The van der Waals surface area contributed by atoms with Gasteiger partial charge in [0.05, 0.1) is 12.2 Å². The van der Waals surface area contributed by atoms with E-state index in [2.05, 4.69) is 18.9 Å². The van der Waals surface area contributed by atoms with Crippen LogP contribution in [0.2, 0.25) is 0 Å². The molecule has 25 heavy (non-hydrogen) atoms. The van der Waals surface area contributed by atoms with Crippen LogP contribution in [-0.2, 0) is 6.42 Å². The van der Waals surface area contributed by atoms with Crippen molar-refractivity contribution < 1.29 is 13.9 Å². The van der Waals surface area contributed by atoms with Crippen LogP contribution in [0.15, 0.2) is 18.2 Å². The van der Waals surface area contributed by atoms with Crippen molar-refractivity contribution in [2.24, 2.45) is 0 Å². The van der Waals surface area contributed by atoms with Gasteiger partial charge in [-0.3, -0.25) is 4.68 Å². The summed E-state index contributed by atoms with van der Waals surface area (Å²) in [5.41, 5.74) is 2.54. The van der Waals surface area contributed by atoms with Crippen LogP contribution in [0.1, 0.15) is 64.4 Å². The Morgan fingerprint density at radius 2 is 1.68 bits per heavy atom. The molecule has 0 saturated heterocycles. The summed E-state index contributed by atoms with van der Waals surface area (Å²) in [5, 5.41) is 4.58. The van der Waals surface area contributed by atoms with E-state index in [1.54, 1.807) is 6.07 Å². The van der Waals surface area contributed by atoms with Crippen LogP contribution < -0.4 is 9.47 Å². The fourth-order valence-corrected chi connectivity index (χ4v) is 2.76. The monoisotopic (exact) mass is 348 g/mol. The lowest BCUT2D eigenvalue weighted by molar-refractivity contribution is 0.227. The number of rotatable bonds is 7. The topological polar surface area (TPSA) is 36.3 Å². The molecule has 0 atom stereocenters. The lowest BCUT2D eigenvalue weighted by atomic mass is 10.0. The number of ether oxygens (including phenoxy) is 2. The maximum absolute atomic E-state index is 14.5. The van der Waals surface area contributed by atoms with Gasteiger partial charge in [-0.1, -0.05) is 6.07 Å². The molecule has 2 rings (SSSR count). The van der Waals surface area contributed by atoms with Crippen molar-refractivity contribution in [3.05, 3.63) is 40.8 Å². The number of aromatic nitrogens is 2. The second-order valence-electron chi connectivity index (χ2n) is 7.17. The van der Waals surface area contributed by atoms with Crippen molar-refractivity contribution in [1.29, 1.82) is 0 Å². The highest BCUT2D eigenvalue weighted by molar-refractivity contribution is 5.39. The molecular formula is C20H29FN2O2. The van der Waals surface area contributed by atoms with E-state index in [1.165, 1.54) is 6.07 Å². The fraction of sp³-hybridized carbons (Fsp3) is 0.550. The number of hydrogen-bond acceptors (Lipinski definition) is 3. The van der Waals surface area contributed by atoms with Crippen molar-refractivity contribution in [1.82, 2.24) is 9.78 Å². The van der Waals surface area contributed by atoms with Gasteiger partial charge in [0.25, 0.3) is 0 Å². The average molecular weight is 348 g/mol. The molecule has 1 aromatic heterocycles. The van der Waals surface area contributed by atoms with E-state index in [9.17, 15) is 4.39 Å². The molecule has 5 heteroatoms. The summed E-state index contributed by atoms with van der Waals surface area (Å²) in [4.78, 5) is 0. The van der Waals surface area contributed by atoms with Crippen LogP contribution in [0, 0.1) is 12.7 Å². The first kappa shape index (κ1) is 19.3. The highest BCUT2D eigenvalue weighted by Gasteiger charge is 2.20. The first-order chi connectivity index (χ1) is 11.7. The Morgan fingerprint density at radius 3 is 2.20 bits per heavy atom. The molecule has 0 radical (unpaired) electrons. The molecule has 0 saturated carbocycles. The normalized spacial score (nSPS) is 11.6. The van der Waals surface area contributed by atoms with Gasteiger partial charge in [0, 0.05) is 29.8 Å². The van der Waals surface area contributed by atoms with Gasteiger partial charge in [-0.2, -0.15) is 0 Å². The number of benzene rings is 1. The van der Waals surface area contributed by atoms with E-state index < -0.39 is 0 Å². The Kier molecular flexibility index (Phi) is 6.09.